The molecule has 1 N–H and O–H groups in total. The van der Waals surface area contributed by atoms with Crippen LogP contribution in [0, 0.1) is 0 Å². The molecule has 0 aliphatic carbocycles. The molecule has 13 heteroatoms. The Morgan fingerprint density at radius 3 is 2.27 bits per heavy atom. The van der Waals surface area contributed by atoms with Gasteiger partial charge in [0.2, 0.25) is 11.3 Å². The Balaban J connectivity index is 1.25. The van der Waals surface area contributed by atoms with Crippen LogP contribution >= 0.6 is 46.2 Å². The fraction of sp³-hybridized carbons (Fsp3) is 0.211. The van der Waals surface area contributed by atoms with Gasteiger partial charge in [-0.15, -0.1) is 34.4 Å². The van der Waals surface area contributed by atoms with E-state index in [0.717, 1.165) is 21.4 Å². The molecule has 3 aromatic carbocycles. The van der Waals surface area contributed by atoms with Crippen LogP contribution in [0.3, 0.4) is 0 Å². The summed E-state index contributed by atoms with van der Waals surface area (Å²) in [7, 11) is 1.51. The molecule has 0 spiro atoms. The molecule has 2 aliphatic heterocycles. The summed E-state index contributed by atoms with van der Waals surface area (Å²) >= 11 is 5.53. The lowest BCUT2D eigenvalue weighted by molar-refractivity contribution is -0.154. The van der Waals surface area contributed by atoms with Gasteiger partial charge >= 0.3 is 5.97 Å². The molecule has 5 aromatic rings. The molecule has 7 rings (SSSR count). The molecule has 0 radical (unpaired) electrons. The number of amides is 2. The molecule has 1 fully saturated rings. The third-order valence-corrected chi connectivity index (χ3v) is 13.3. The number of methoxy groups -OCH3 is 1. The number of β-lactam (4-membered cyclic amide) rings is 1. The van der Waals surface area contributed by atoms with E-state index in [1.165, 1.54) is 58.2 Å². The zero-order valence-corrected chi connectivity index (χ0v) is 30.6. The standard InChI is InChI=1S/C38H32N2O7S4/c1-45-22-46-20-26-32(42)34-27(17-18-48-34)50-38(26)51-28-21-49-36-30(39-29(41)19-23-11-5-2-6-12-23)35(43)40(36)31(28)37(44)47-33(24-13-7-3-8-14-24)25-15-9-4-10-16-25/h2-18,30,33,36H,19-22H2,1H3,(H,39,41)/t30?,36-/m1/s1. The number of hydrogen-bond donors (Lipinski definition) is 1. The molecular formula is C38H32N2O7S4. The summed E-state index contributed by atoms with van der Waals surface area (Å²) < 4.78 is 19.1. The van der Waals surface area contributed by atoms with Gasteiger partial charge < -0.3 is 19.5 Å². The number of carbonyl (C=O) groups is 3. The maximum Gasteiger partial charge on any atom is 0.356 e. The molecule has 2 aromatic heterocycles. The summed E-state index contributed by atoms with van der Waals surface area (Å²) in [6.45, 7) is 0.0267. The van der Waals surface area contributed by atoms with Crippen LogP contribution in [0.4, 0.5) is 0 Å². The number of fused-ring (bicyclic) bond motifs is 2. The first-order chi connectivity index (χ1) is 24.9. The van der Waals surface area contributed by atoms with Gasteiger partial charge in [-0.25, -0.2) is 4.79 Å². The Bertz CT molecular complexity index is 2100. The fourth-order valence-electron chi connectivity index (χ4n) is 5.89. The Kier molecular flexibility index (Phi) is 11.0. The third kappa shape index (κ3) is 7.55. The van der Waals surface area contributed by atoms with Gasteiger partial charge in [0.1, 0.15) is 23.9 Å². The van der Waals surface area contributed by atoms with Crippen molar-refractivity contribution < 1.29 is 28.6 Å². The van der Waals surface area contributed by atoms with Crippen LogP contribution in [0.2, 0.25) is 0 Å². The zero-order valence-electron chi connectivity index (χ0n) is 27.3. The molecule has 0 bridgehead atoms. The summed E-state index contributed by atoms with van der Waals surface area (Å²) in [4.78, 5) is 57.1. The van der Waals surface area contributed by atoms with E-state index in [-0.39, 0.29) is 36.9 Å². The monoisotopic (exact) mass is 756 g/mol. The molecule has 1 unspecified atom stereocenters. The van der Waals surface area contributed by atoms with Gasteiger partial charge in [-0.1, -0.05) is 103 Å². The van der Waals surface area contributed by atoms with E-state index in [0.29, 0.717) is 25.1 Å². The highest BCUT2D eigenvalue weighted by Crippen LogP contribution is 2.48. The van der Waals surface area contributed by atoms with Crippen LogP contribution < -0.4 is 10.7 Å². The van der Waals surface area contributed by atoms with E-state index in [9.17, 15) is 19.2 Å². The Hall–Kier alpha value is -4.24. The van der Waals surface area contributed by atoms with Crippen molar-refractivity contribution >= 4 is 73.4 Å². The summed E-state index contributed by atoms with van der Waals surface area (Å²) in [5.74, 6) is -1.02. The lowest BCUT2D eigenvalue weighted by Gasteiger charge is -2.49. The van der Waals surface area contributed by atoms with E-state index >= 15 is 0 Å². The summed E-state index contributed by atoms with van der Waals surface area (Å²) in [6.07, 6.45) is -0.623. The minimum absolute atomic E-state index is 0.00845. The first kappa shape index (κ1) is 35.2. The molecular weight excluding hydrogens is 725 g/mol. The summed E-state index contributed by atoms with van der Waals surface area (Å²) in [5, 5.41) is 4.25. The molecule has 2 atom stereocenters. The van der Waals surface area contributed by atoms with E-state index < -0.39 is 29.4 Å². The van der Waals surface area contributed by atoms with E-state index in [4.69, 9.17) is 14.2 Å². The van der Waals surface area contributed by atoms with Crippen molar-refractivity contribution in [3.05, 3.63) is 146 Å². The lowest BCUT2D eigenvalue weighted by Crippen LogP contribution is -2.70. The topological polar surface area (TPSA) is 111 Å². The number of nitrogens with one attached hydrogen (secondary N) is 1. The van der Waals surface area contributed by atoms with Crippen LogP contribution in [0.1, 0.15) is 28.4 Å². The van der Waals surface area contributed by atoms with Crippen molar-refractivity contribution in [2.75, 3.05) is 19.7 Å². The normalized spacial score (nSPS) is 17.0. The maximum atomic E-state index is 14.5. The van der Waals surface area contributed by atoms with Crippen LogP contribution in [0.5, 0.6) is 0 Å². The van der Waals surface area contributed by atoms with Crippen LogP contribution in [-0.4, -0.2) is 53.8 Å². The number of nitrogens with zero attached hydrogens (tertiary/aromatic N) is 1. The van der Waals surface area contributed by atoms with Crippen LogP contribution in [0.25, 0.3) is 9.40 Å². The highest BCUT2D eigenvalue weighted by atomic mass is 32.2. The number of benzene rings is 3. The highest BCUT2D eigenvalue weighted by molar-refractivity contribution is 8.07. The predicted molar refractivity (Wildman–Crippen MR) is 202 cm³/mol. The largest absolute Gasteiger partial charge is 0.448 e. The molecule has 0 saturated carbocycles. The van der Waals surface area contributed by atoms with E-state index in [1.54, 1.807) is 0 Å². The van der Waals surface area contributed by atoms with Gasteiger partial charge in [-0.05, 0) is 28.1 Å². The highest BCUT2D eigenvalue weighted by Gasteiger charge is 2.55. The Morgan fingerprint density at radius 2 is 1.61 bits per heavy atom. The van der Waals surface area contributed by atoms with Crippen molar-refractivity contribution in [2.24, 2.45) is 0 Å². The fourth-order valence-corrected chi connectivity index (χ4v) is 10.9. The van der Waals surface area contributed by atoms with Gasteiger partial charge in [0.15, 0.2) is 6.10 Å². The number of rotatable bonds is 13. The Labute approximate surface area is 310 Å². The van der Waals surface area contributed by atoms with Crippen molar-refractivity contribution in [3.63, 3.8) is 0 Å². The minimum atomic E-state index is -0.809. The average Bonchev–Trinajstić information content (AvgIpc) is 3.64. The first-order valence-electron chi connectivity index (χ1n) is 16.0. The molecule has 2 amide bonds. The molecule has 9 nitrogen and oxygen atoms in total. The van der Waals surface area contributed by atoms with Crippen molar-refractivity contribution in [3.8, 4) is 0 Å². The average molecular weight is 757 g/mol. The van der Waals surface area contributed by atoms with Crippen LogP contribution in [0.15, 0.2) is 122 Å². The summed E-state index contributed by atoms with van der Waals surface area (Å²) in [5.41, 5.74) is 2.79. The quantitative estimate of drug-likeness (QED) is 0.0606. The molecule has 4 heterocycles. The van der Waals surface area contributed by atoms with Gasteiger partial charge in [0.25, 0.3) is 5.91 Å². The number of thioether (sulfide) groups is 2. The van der Waals surface area contributed by atoms with Crippen molar-refractivity contribution in [1.82, 2.24) is 10.2 Å². The maximum absolute atomic E-state index is 14.5. The van der Waals surface area contributed by atoms with E-state index in [1.807, 2.05) is 102 Å². The molecule has 260 valence electrons. The second-order valence-electron chi connectivity index (χ2n) is 11.7. The summed E-state index contributed by atoms with van der Waals surface area (Å²) in [6, 6.07) is 29.3. The van der Waals surface area contributed by atoms with Gasteiger partial charge in [0.05, 0.1) is 32.2 Å². The van der Waals surface area contributed by atoms with Crippen LogP contribution in [-0.2, 0) is 41.6 Å². The number of carbonyl (C=O) groups excluding carboxylic acids is 3. The van der Waals surface area contributed by atoms with Gasteiger partial charge in [-0.3, -0.25) is 19.3 Å². The minimum Gasteiger partial charge on any atom is -0.448 e. The smallest absolute Gasteiger partial charge is 0.356 e. The van der Waals surface area contributed by atoms with Crippen molar-refractivity contribution in [2.45, 2.75) is 34.8 Å². The van der Waals surface area contributed by atoms with E-state index in [2.05, 4.69) is 5.32 Å². The lowest BCUT2D eigenvalue weighted by atomic mass is 10.0. The number of ether oxygens (including phenoxy) is 3. The number of hydrogen-bond acceptors (Lipinski definition) is 11. The van der Waals surface area contributed by atoms with Crippen molar-refractivity contribution in [1.29, 1.82) is 0 Å². The molecule has 2 aliphatic rings. The predicted octanol–water partition coefficient (Wildman–Crippen LogP) is 6.72. The number of esters is 1. The second-order valence-corrected chi connectivity index (χ2v) is 16.1. The first-order valence-corrected chi connectivity index (χ1v) is 19.6. The van der Waals surface area contributed by atoms with Gasteiger partial charge in [-0.2, -0.15) is 0 Å². The molecule has 1 saturated heterocycles. The second kappa shape index (κ2) is 16.0. The number of thiophene rings is 1. The van der Waals surface area contributed by atoms with Gasteiger partial charge in [0, 0.05) is 17.8 Å². The SMILES string of the molecule is COCOCc1c(SC2=C(C(=O)OC(c3ccccc3)c3ccccc3)N3C(=O)C(NC(=O)Cc4ccccc4)[C@H]3SC2)sc2ccsc2c1=O. The Morgan fingerprint density at radius 1 is 0.941 bits per heavy atom. The molecule has 51 heavy (non-hydrogen) atoms. The third-order valence-electron chi connectivity index (χ3n) is 8.30. The zero-order chi connectivity index (χ0) is 35.3.